The molecule has 2 N–H and O–H groups in total. The van der Waals surface area contributed by atoms with Gasteiger partial charge in [-0.15, -0.1) is 11.8 Å². The molecular weight excluding hydrogens is 322 g/mol. The lowest BCUT2D eigenvalue weighted by molar-refractivity contribution is -0.161. The molecule has 128 valence electrons. The summed E-state index contributed by atoms with van der Waals surface area (Å²) in [6.45, 7) is 5.41. The lowest BCUT2D eigenvalue weighted by atomic mass is 10.2. The SMILES string of the molecule is CCNC(=O)NC(=O)[C@@H](C)OC(=O)[C@@H]1CS[C@@]2(C)CCC(=O)N12. The number of hydrogen-bond donors (Lipinski definition) is 2. The molecule has 0 aromatic rings. The lowest BCUT2D eigenvalue weighted by Gasteiger charge is -2.29. The molecule has 8 nitrogen and oxygen atoms in total. The van der Waals surface area contributed by atoms with E-state index in [9.17, 15) is 19.2 Å². The van der Waals surface area contributed by atoms with Crippen LogP contribution in [0.5, 0.6) is 0 Å². The first-order valence-corrected chi connectivity index (χ1v) is 8.52. The predicted molar refractivity (Wildman–Crippen MR) is 83.5 cm³/mol. The fraction of sp³-hybridized carbons (Fsp3) is 0.714. The van der Waals surface area contributed by atoms with Gasteiger partial charge in [-0.2, -0.15) is 0 Å². The van der Waals surface area contributed by atoms with E-state index < -0.39 is 30.1 Å². The molecule has 0 radical (unpaired) electrons. The van der Waals surface area contributed by atoms with E-state index >= 15 is 0 Å². The number of carbonyl (C=O) groups is 4. The molecule has 4 amide bonds. The monoisotopic (exact) mass is 343 g/mol. The topological polar surface area (TPSA) is 105 Å². The normalized spacial score (nSPS) is 27.3. The molecule has 0 saturated carbocycles. The third-order valence-corrected chi connectivity index (χ3v) is 5.46. The van der Waals surface area contributed by atoms with Crippen molar-refractivity contribution in [3.63, 3.8) is 0 Å². The number of urea groups is 1. The van der Waals surface area contributed by atoms with Gasteiger partial charge in [0.25, 0.3) is 5.91 Å². The molecule has 0 spiro atoms. The Morgan fingerprint density at radius 2 is 2.17 bits per heavy atom. The van der Waals surface area contributed by atoms with Crippen molar-refractivity contribution in [3.05, 3.63) is 0 Å². The van der Waals surface area contributed by atoms with Crippen LogP contribution < -0.4 is 10.6 Å². The second-order valence-corrected chi connectivity index (χ2v) is 7.19. The van der Waals surface area contributed by atoms with Gasteiger partial charge in [0.05, 0.1) is 4.87 Å². The van der Waals surface area contributed by atoms with Gasteiger partial charge >= 0.3 is 12.0 Å². The van der Waals surface area contributed by atoms with Gasteiger partial charge < -0.3 is 15.0 Å². The Bertz CT molecular complexity index is 541. The highest BCUT2D eigenvalue weighted by Crippen LogP contribution is 2.47. The van der Waals surface area contributed by atoms with E-state index in [0.717, 1.165) is 0 Å². The first kappa shape index (κ1) is 17.6. The Labute approximate surface area is 138 Å². The molecule has 2 rings (SSSR count). The van der Waals surface area contributed by atoms with E-state index in [1.54, 1.807) is 23.6 Å². The maximum atomic E-state index is 12.3. The maximum absolute atomic E-state index is 12.3. The summed E-state index contributed by atoms with van der Waals surface area (Å²) in [6.07, 6.45) is 0.00765. The van der Waals surface area contributed by atoms with Gasteiger partial charge in [0.1, 0.15) is 6.04 Å². The molecule has 2 aliphatic heterocycles. The summed E-state index contributed by atoms with van der Waals surface area (Å²) in [6, 6.07) is -1.32. The Balaban J connectivity index is 1.93. The maximum Gasteiger partial charge on any atom is 0.330 e. The summed E-state index contributed by atoms with van der Waals surface area (Å²) in [5.41, 5.74) is 0. The van der Waals surface area contributed by atoms with Gasteiger partial charge in [0.15, 0.2) is 6.10 Å². The van der Waals surface area contributed by atoms with Crippen molar-refractivity contribution in [2.24, 2.45) is 0 Å². The fourth-order valence-corrected chi connectivity index (χ4v) is 4.14. The van der Waals surface area contributed by atoms with Gasteiger partial charge in [-0.3, -0.25) is 14.9 Å². The molecule has 2 heterocycles. The molecule has 2 aliphatic rings. The van der Waals surface area contributed by atoms with Crippen molar-refractivity contribution in [2.75, 3.05) is 12.3 Å². The molecule has 9 heteroatoms. The van der Waals surface area contributed by atoms with Gasteiger partial charge in [-0.1, -0.05) is 0 Å². The molecule has 0 aromatic carbocycles. The van der Waals surface area contributed by atoms with E-state index in [0.29, 0.717) is 25.1 Å². The van der Waals surface area contributed by atoms with E-state index in [1.165, 1.54) is 6.92 Å². The minimum Gasteiger partial charge on any atom is -0.451 e. The zero-order valence-corrected chi connectivity index (χ0v) is 14.2. The van der Waals surface area contributed by atoms with Crippen molar-refractivity contribution in [1.29, 1.82) is 0 Å². The Kier molecular flexibility index (Phi) is 5.18. The minimum absolute atomic E-state index is 0.0705. The molecule has 3 atom stereocenters. The lowest BCUT2D eigenvalue weighted by Crippen LogP contribution is -2.49. The number of thioether (sulfide) groups is 1. The summed E-state index contributed by atoms with van der Waals surface area (Å²) in [4.78, 5) is 48.6. The number of hydrogen-bond acceptors (Lipinski definition) is 6. The van der Waals surface area contributed by atoms with Crippen LogP contribution in [-0.2, 0) is 19.1 Å². The third-order valence-electron chi connectivity index (χ3n) is 3.95. The van der Waals surface area contributed by atoms with Gasteiger partial charge in [-0.05, 0) is 27.2 Å². The molecule has 0 aliphatic carbocycles. The highest BCUT2D eigenvalue weighted by atomic mass is 32.2. The largest absolute Gasteiger partial charge is 0.451 e. The Morgan fingerprint density at radius 3 is 2.83 bits per heavy atom. The number of carbonyl (C=O) groups excluding carboxylic acids is 4. The van der Waals surface area contributed by atoms with Crippen molar-refractivity contribution >= 4 is 35.6 Å². The summed E-state index contributed by atoms with van der Waals surface area (Å²) in [7, 11) is 0. The van der Waals surface area contributed by atoms with E-state index in [4.69, 9.17) is 4.74 Å². The highest BCUT2D eigenvalue weighted by Gasteiger charge is 2.53. The number of nitrogens with one attached hydrogen (secondary N) is 2. The fourth-order valence-electron chi connectivity index (χ4n) is 2.72. The molecule has 0 bridgehead atoms. The summed E-state index contributed by atoms with van der Waals surface area (Å²) >= 11 is 1.55. The van der Waals surface area contributed by atoms with E-state index in [1.807, 2.05) is 6.92 Å². The highest BCUT2D eigenvalue weighted by molar-refractivity contribution is 8.01. The van der Waals surface area contributed by atoms with Crippen LogP contribution in [0.2, 0.25) is 0 Å². The van der Waals surface area contributed by atoms with Gasteiger partial charge in [0.2, 0.25) is 5.91 Å². The number of amides is 4. The Morgan fingerprint density at radius 1 is 1.48 bits per heavy atom. The predicted octanol–water partition coefficient (Wildman–Crippen LogP) is 0.218. The number of fused-ring (bicyclic) bond motifs is 1. The standard InChI is InChI=1S/C14H21N3O5S/c1-4-15-13(21)16-11(19)8(2)22-12(20)9-7-23-14(3)6-5-10(18)17(9)14/h8-9H,4-7H2,1-3H3,(H2,15,16,19,21)/t8-,9+,14+/m1/s1. The Hall–Kier alpha value is -1.77. The molecular formula is C14H21N3O5S. The van der Waals surface area contributed by atoms with E-state index in [-0.39, 0.29) is 10.8 Å². The first-order chi connectivity index (χ1) is 10.8. The zero-order valence-electron chi connectivity index (χ0n) is 13.4. The van der Waals surface area contributed by atoms with Crippen LogP contribution in [0.1, 0.15) is 33.6 Å². The average Bonchev–Trinajstić information content (AvgIpc) is 2.96. The molecule has 23 heavy (non-hydrogen) atoms. The van der Waals surface area contributed by atoms with Crippen LogP contribution >= 0.6 is 11.8 Å². The van der Waals surface area contributed by atoms with Crippen LogP contribution in [0, 0.1) is 0 Å². The number of imide groups is 1. The average molecular weight is 343 g/mol. The van der Waals surface area contributed by atoms with Crippen molar-refractivity contribution in [3.8, 4) is 0 Å². The first-order valence-electron chi connectivity index (χ1n) is 7.54. The number of nitrogens with zero attached hydrogens (tertiary/aromatic N) is 1. The third kappa shape index (κ3) is 3.60. The second-order valence-electron chi connectivity index (χ2n) is 5.69. The summed E-state index contributed by atoms with van der Waals surface area (Å²) in [5.74, 6) is -0.939. The number of esters is 1. The number of ether oxygens (including phenoxy) is 1. The zero-order chi connectivity index (χ0) is 17.2. The van der Waals surface area contributed by atoms with Crippen LogP contribution in [0.25, 0.3) is 0 Å². The minimum atomic E-state index is -1.11. The van der Waals surface area contributed by atoms with Crippen LogP contribution in [0.4, 0.5) is 4.79 Å². The van der Waals surface area contributed by atoms with E-state index in [2.05, 4.69) is 10.6 Å². The van der Waals surface area contributed by atoms with Crippen molar-refractivity contribution in [2.45, 2.75) is 50.6 Å². The molecule has 0 unspecified atom stereocenters. The summed E-state index contributed by atoms with van der Waals surface area (Å²) in [5, 5.41) is 4.50. The van der Waals surface area contributed by atoms with Crippen molar-refractivity contribution < 1.29 is 23.9 Å². The quantitative estimate of drug-likeness (QED) is 0.708. The van der Waals surface area contributed by atoms with Gasteiger partial charge in [0, 0.05) is 18.7 Å². The number of rotatable bonds is 4. The second kappa shape index (κ2) is 6.77. The van der Waals surface area contributed by atoms with Crippen LogP contribution in [0.3, 0.4) is 0 Å². The summed E-state index contributed by atoms with van der Waals surface area (Å²) < 4.78 is 5.14. The molecule has 2 saturated heterocycles. The van der Waals surface area contributed by atoms with Crippen LogP contribution in [0.15, 0.2) is 0 Å². The molecule has 2 fully saturated rings. The van der Waals surface area contributed by atoms with Crippen LogP contribution in [-0.4, -0.2) is 58.0 Å². The van der Waals surface area contributed by atoms with Gasteiger partial charge in [-0.25, -0.2) is 9.59 Å². The van der Waals surface area contributed by atoms with Crippen molar-refractivity contribution in [1.82, 2.24) is 15.5 Å². The molecule has 0 aromatic heterocycles. The smallest absolute Gasteiger partial charge is 0.330 e.